The van der Waals surface area contributed by atoms with Gasteiger partial charge in [-0.3, -0.25) is 19.7 Å². The minimum Gasteiger partial charge on any atom is -0.485 e. The second kappa shape index (κ2) is 10.9. The van der Waals surface area contributed by atoms with Crippen molar-refractivity contribution in [3.63, 3.8) is 0 Å². The van der Waals surface area contributed by atoms with Crippen LogP contribution in [-0.4, -0.2) is 70.3 Å². The summed E-state index contributed by atoms with van der Waals surface area (Å²) in [6, 6.07) is 10.6. The number of carbonyl (C=O) groups excluding carboxylic acids is 1. The molecule has 1 aromatic heterocycles. The SMILES string of the molecule is Cc1c(N2CCN(C(=O)C3COc4ccccc4O3)CC2)c([N+](=O)[O-])cc2c(=O)c(C(=O)O)cn(-c3ccc(F)cc3F)c12. The highest BCUT2D eigenvalue weighted by atomic mass is 19.1. The van der Waals surface area contributed by atoms with E-state index < -0.39 is 45.3 Å². The Balaban J connectivity index is 1.38. The number of nitrogens with zero attached hydrogens (tertiary/aromatic N) is 4. The van der Waals surface area contributed by atoms with Crippen molar-refractivity contribution in [3.05, 3.63) is 97.8 Å². The Morgan fingerprint density at radius 3 is 2.41 bits per heavy atom. The van der Waals surface area contributed by atoms with E-state index in [2.05, 4.69) is 0 Å². The molecule has 1 unspecified atom stereocenters. The lowest BCUT2D eigenvalue weighted by atomic mass is 10.0. The van der Waals surface area contributed by atoms with Crippen molar-refractivity contribution in [1.82, 2.24) is 9.47 Å². The molecular formula is C30H24F2N4O8. The second-order valence-corrected chi connectivity index (χ2v) is 10.3. The molecule has 3 aromatic carbocycles. The first-order valence-electron chi connectivity index (χ1n) is 13.5. The number of pyridine rings is 1. The Bertz CT molecular complexity index is 1920. The number of para-hydroxylation sites is 2. The van der Waals surface area contributed by atoms with Crippen molar-refractivity contribution in [2.75, 3.05) is 37.7 Å². The van der Waals surface area contributed by atoms with Gasteiger partial charge in [-0.05, 0) is 31.2 Å². The van der Waals surface area contributed by atoms with E-state index in [0.717, 1.165) is 29.0 Å². The number of aromatic carboxylic acids is 1. The maximum atomic E-state index is 15.0. The van der Waals surface area contributed by atoms with Crippen LogP contribution in [0.15, 0.2) is 59.5 Å². The average Bonchev–Trinajstić information content (AvgIpc) is 3.01. The van der Waals surface area contributed by atoms with E-state index in [1.165, 1.54) is 6.92 Å². The van der Waals surface area contributed by atoms with Gasteiger partial charge in [0, 0.05) is 50.1 Å². The summed E-state index contributed by atoms with van der Waals surface area (Å²) in [5.41, 5.74) is -2.10. The third-order valence-electron chi connectivity index (χ3n) is 7.77. The van der Waals surface area contributed by atoms with Crippen LogP contribution in [0, 0.1) is 28.7 Å². The largest absolute Gasteiger partial charge is 0.485 e. The fraction of sp³-hybridized carbons (Fsp3) is 0.233. The Kier molecular flexibility index (Phi) is 7.11. The number of anilines is 1. The topological polar surface area (TPSA) is 144 Å². The summed E-state index contributed by atoms with van der Waals surface area (Å²) in [6.07, 6.45) is 0.0593. The molecule has 4 aromatic rings. The van der Waals surface area contributed by atoms with E-state index in [-0.39, 0.29) is 66.5 Å². The number of carboxylic acids is 1. The van der Waals surface area contributed by atoms with Gasteiger partial charge in [0.1, 0.15) is 29.5 Å². The molecule has 14 heteroatoms. The molecule has 1 saturated heterocycles. The van der Waals surface area contributed by atoms with Gasteiger partial charge in [0.2, 0.25) is 11.5 Å². The van der Waals surface area contributed by atoms with Crippen LogP contribution in [-0.2, 0) is 4.79 Å². The van der Waals surface area contributed by atoms with Gasteiger partial charge in [-0.25, -0.2) is 13.6 Å². The lowest BCUT2D eigenvalue weighted by molar-refractivity contribution is -0.384. The molecule has 1 amide bonds. The molecular weight excluding hydrogens is 582 g/mol. The van der Waals surface area contributed by atoms with E-state index in [4.69, 9.17) is 9.47 Å². The summed E-state index contributed by atoms with van der Waals surface area (Å²) in [5, 5.41) is 21.6. The number of halogens is 2. The number of ether oxygens (including phenoxy) is 2. The maximum absolute atomic E-state index is 15.0. The van der Waals surface area contributed by atoms with Gasteiger partial charge in [-0.2, -0.15) is 0 Å². The molecule has 1 fully saturated rings. The highest BCUT2D eigenvalue weighted by molar-refractivity contribution is 5.98. The van der Waals surface area contributed by atoms with Gasteiger partial charge >= 0.3 is 5.97 Å². The monoisotopic (exact) mass is 606 g/mol. The van der Waals surface area contributed by atoms with Gasteiger partial charge in [-0.1, -0.05) is 12.1 Å². The molecule has 0 bridgehead atoms. The first kappa shape index (κ1) is 28.6. The number of aromatic nitrogens is 1. The number of hydrogen-bond acceptors (Lipinski definition) is 8. The van der Waals surface area contributed by atoms with Crippen LogP contribution in [0.2, 0.25) is 0 Å². The molecule has 1 N–H and O–H groups in total. The summed E-state index contributed by atoms with van der Waals surface area (Å²) in [6.45, 7) is 2.25. The Labute approximate surface area is 247 Å². The molecule has 12 nitrogen and oxygen atoms in total. The minimum absolute atomic E-state index is 0.0241. The highest BCUT2D eigenvalue weighted by Gasteiger charge is 2.35. The zero-order valence-corrected chi connectivity index (χ0v) is 23.2. The lowest BCUT2D eigenvalue weighted by Crippen LogP contribution is -2.54. The van der Waals surface area contributed by atoms with Crippen LogP contribution in [0.1, 0.15) is 15.9 Å². The molecule has 0 aliphatic carbocycles. The Morgan fingerprint density at radius 1 is 1.05 bits per heavy atom. The van der Waals surface area contributed by atoms with E-state index in [1.54, 1.807) is 34.1 Å². The van der Waals surface area contributed by atoms with Crippen LogP contribution in [0.4, 0.5) is 20.2 Å². The highest BCUT2D eigenvalue weighted by Crippen LogP contribution is 2.39. The quantitative estimate of drug-likeness (QED) is 0.266. The Morgan fingerprint density at radius 2 is 1.75 bits per heavy atom. The maximum Gasteiger partial charge on any atom is 0.341 e. The normalized spacial score (nSPS) is 16.2. The number of carboxylic acid groups (broad SMARTS) is 1. The molecule has 44 heavy (non-hydrogen) atoms. The predicted molar refractivity (Wildman–Crippen MR) is 153 cm³/mol. The van der Waals surface area contributed by atoms with Crippen molar-refractivity contribution in [2.24, 2.45) is 0 Å². The van der Waals surface area contributed by atoms with Crippen molar-refractivity contribution in [1.29, 1.82) is 0 Å². The summed E-state index contributed by atoms with van der Waals surface area (Å²) >= 11 is 0. The van der Waals surface area contributed by atoms with Gasteiger partial charge in [0.15, 0.2) is 11.5 Å². The molecule has 6 rings (SSSR count). The number of amides is 1. The second-order valence-electron chi connectivity index (χ2n) is 10.3. The zero-order valence-electron chi connectivity index (χ0n) is 23.2. The third kappa shape index (κ3) is 4.83. The van der Waals surface area contributed by atoms with Gasteiger partial charge in [-0.15, -0.1) is 0 Å². The summed E-state index contributed by atoms with van der Waals surface area (Å²) in [7, 11) is 0. The van der Waals surface area contributed by atoms with Crippen LogP contribution in [0.25, 0.3) is 16.6 Å². The minimum atomic E-state index is -1.62. The smallest absolute Gasteiger partial charge is 0.341 e. The third-order valence-corrected chi connectivity index (χ3v) is 7.77. The number of piperazine rings is 1. The summed E-state index contributed by atoms with van der Waals surface area (Å²) in [4.78, 5) is 53.2. The van der Waals surface area contributed by atoms with E-state index in [1.807, 2.05) is 0 Å². The van der Waals surface area contributed by atoms with Gasteiger partial charge < -0.3 is 28.9 Å². The number of fused-ring (bicyclic) bond motifs is 2. The van der Waals surface area contributed by atoms with Crippen molar-refractivity contribution in [2.45, 2.75) is 13.0 Å². The molecule has 226 valence electrons. The van der Waals surface area contributed by atoms with E-state index in [0.29, 0.717) is 17.6 Å². The molecule has 3 heterocycles. The van der Waals surface area contributed by atoms with Crippen LogP contribution in [0.5, 0.6) is 11.5 Å². The zero-order chi connectivity index (χ0) is 31.3. The van der Waals surface area contributed by atoms with Gasteiger partial charge in [0.25, 0.3) is 11.6 Å². The molecule has 1 atom stereocenters. The van der Waals surface area contributed by atoms with Crippen LogP contribution in [0.3, 0.4) is 0 Å². The lowest BCUT2D eigenvalue weighted by Gasteiger charge is -2.38. The van der Waals surface area contributed by atoms with E-state index in [9.17, 15) is 38.4 Å². The number of benzene rings is 3. The number of carbonyl (C=O) groups is 2. The van der Waals surface area contributed by atoms with Crippen molar-refractivity contribution >= 4 is 34.2 Å². The van der Waals surface area contributed by atoms with Gasteiger partial charge in [0.05, 0.1) is 21.5 Å². The fourth-order valence-electron chi connectivity index (χ4n) is 5.71. The number of nitro groups is 1. The standard InChI is InChI=1S/C30H24F2N4O8/c1-16-26-18(28(37)19(30(39)40)14-35(26)21-7-6-17(31)12-20(21)32)13-22(36(41)42)27(16)33-8-10-34(11-9-33)29(38)25-15-43-23-4-2-3-5-24(23)44-25/h2-7,12-14,25H,8-11,15H2,1H3,(H,39,40). The van der Waals surface area contributed by atoms with Crippen molar-refractivity contribution < 1.29 is 37.9 Å². The first-order chi connectivity index (χ1) is 21.0. The molecule has 0 saturated carbocycles. The number of hydrogen-bond donors (Lipinski definition) is 1. The first-order valence-corrected chi connectivity index (χ1v) is 13.5. The predicted octanol–water partition coefficient (Wildman–Crippen LogP) is 3.67. The molecule has 2 aliphatic rings. The molecule has 0 radical (unpaired) electrons. The van der Waals surface area contributed by atoms with E-state index >= 15 is 0 Å². The summed E-state index contributed by atoms with van der Waals surface area (Å²) in [5.74, 6) is -2.83. The molecule has 2 aliphatic heterocycles. The van der Waals surface area contributed by atoms with Crippen molar-refractivity contribution in [3.8, 4) is 17.2 Å². The number of aryl methyl sites for hydroxylation is 1. The number of rotatable bonds is 5. The van der Waals surface area contributed by atoms with Crippen LogP contribution < -0.4 is 19.8 Å². The Hall–Kier alpha value is -5.53. The fourth-order valence-corrected chi connectivity index (χ4v) is 5.71. The number of nitro benzene ring substituents is 1. The summed E-state index contributed by atoms with van der Waals surface area (Å²) < 4.78 is 41.3. The van der Waals surface area contributed by atoms with Crippen LogP contribution >= 0.6 is 0 Å². The average molecular weight is 607 g/mol. The molecule has 0 spiro atoms.